The van der Waals surface area contributed by atoms with E-state index in [1.54, 1.807) is 36.4 Å². The van der Waals surface area contributed by atoms with Crippen molar-refractivity contribution < 1.29 is 4.79 Å². The minimum Gasteiger partial charge on any atom is -0.347 e. The molecule has 0 spiro atoms. The topological polar surface area (TPSA) is 85.1 Å². The van der Waals surface area contributed by atoms with Crippen LogP contribution in [0.4, 0.5) is 0 Å². The first-order valence-electron chi connectivity index (χ1n) is 7.82. The summed E-state index contributed by atoms with van der Waals surface area (Å²) in [4.78, 5) is 38.9. The third-order valence-corrected chi connectivity index (χ3v) is 4.31. The lowest BCUT2D eigenvalue weighted by Crippen LogP contribution is -2.51. The monoisotopic (exact) mass is 315 g/mol. The molecular formula is C16H21N5O2. The molecule has 23 heavy (non-hydrogen) atoms. The summed E-state index contributed by atoms with van der Waals surface area (Å²) in [6.45, 7) is 6.67. The van der Waals surface area contributed by atoms with E-state index in [0.717, 1.165) is 24.6 Å². The number of aromatic nitrogens is 3. The maximum atomic E-state index is 12.7. The summed E-state index contributed by atoms with van der Waals surface area (Å²) in [5, 5.41) is 0. The molecule has 1 aliphatic rings. The van der Waals surface area contributed by atoms with E-state index in [-0.39, 0.29) is 23.1 Å². The second kappa shape index (κ2) is 6.37. The van der Waals surface area contributed by atoms with Gasteiger partial charge in [0.15, 0.2) is 0 Å². The van der Waals surface area contributed by atoms with Crippen molar-refractivity contribution in [1.29, 1.82) is 0 Å². The Morgan fingerprint density at radius 3 is 2.87 bits per heavy atom. The molecule has 3 rings (SSSR count). The van der Waals surface area contributed by atoms with Crippen LogP contribution in [0, 0.1) is 6.92 Å². The van der Waals surface area contributed by atoms with E-state index < -0.39 is 0 Å². The second-order valence-corrected chi connectivity index (χ2v) is 5.75. The van der Waals surface area contributed by atoms with E-state index in [0.29, 0.717) is 13.1 Å². The molecule has 2 aromatic heterocycles. The number of carbonyl (C=O) groups excluding carboxylic acids is 1. The van der Waals surface area contributed by atoms with Crippen molar-refractivity contribution in [2.45, 2.75) is 19.9 Å². The van der Waals surface area contributed by atoms with E-state index in [2.05, 4.69) is 26.8 Å². The van der Waals surface area contributed by atoms with Crippen molar-refractivity contribution in [2.24, 2.45) is 0 Å². The molecule has 0 aromatic carbocycles. The van der Waals surface area contributed by atoms with Crippen LogP contribution < -0.4 is 5.56 Å². The Balaban J connectivity index is 1.83. The zero-order valence-electron chi connectivity index (χ0n) is 13.4. The predicted octanol–water partition coefficient (Wildman–Crippen LogP) is 0.925. The van der Waals surface area contributed by atoms with Crippen molar-refractivity contribution in [3.63, 3.8) is 0 Å². The molecule has 2 N–H and O–H groups in total. The first-order valence-corrected chi connectivity index (χ1v) is 7.82. The first-order chi connectivity index (χ1) is 11.1. The molecule has 1 amide bonds. The molecule has 0 saturated carbocycles. The third-order valence-electron chi connectivity index (χ3n) is 4.31. The summed E-state index contributed by atoms with van der Waals surface area (Å²) in [6.07, 6.45) is 3.50. The number of nitrogens with zero attached hydrogens (tertiary/aromatic N) is 3. The van der Waals surface area contributed by atoms with Gasteiger partial charge in [0.05, 0.1) is 6.04 Å². The summed E-state index contributed by atoms with van der Waals surface area (Å²) in [5.74, 6) is 0.626. The molecule has 2 aromatic rings. The van der Waals surface area contributed by atoms with E-state index in [1.165, 1.54) is 0 Å². The third kappa shape index (κ3) is 3.05. The Bertz CT molecular complexity index is 737. The summed E-state index contributed by atoms with van der Waals surface area (Å²) < 4.78 is 0. The predicted molar refractivity (Wildman–Crippen MR) is 86.3 cm³/mol. The van der Waals surface area contributed by atoms with Gasteiger partial charge in [-0.3, -0.25) is 14.5 Å². The molecule has 0 unspecified atom stereocenters. The number of piperazine rings is 1. The Morgan fingerprint density at radius 1 is 1.39 bits per heavy atom. The number of aromatic amines is 2. The van der Waals surface area contributed by atoms with Gasteiger partial charge >= 0.3 is 0 Å². The van der Waals surface area contributed by atoms with Gasteiger partial charge in [0.25, 0.3) is 11.5 Å². The van der Waals surface area contributed by atoms with E-state index >= 15 is 0 Å². The molecule has 7 nitrogen and oxygen atoms in total. The molecule has 0 aliphatic carbocycles. The van der Waals surface area contributed by atoms with Crippen LogP contribution in [0.15, 0.2) is 29.3 Å². The SMILES string of the molecule is CCN1CCN(C(=O)c2ccc(C)[nH]c2=O)C[C@H]1c1ncc[nH]1. The molecule has 1 fully saturated rings. The quantitative estimate of drug-likeness (QED) is 0.882. The molecule has 0 bridgehead atoms. The molecule has 122 valence electrons. The number of rotatable bonds is 3. The number of imidazole rings is 1. The van der Waals surface area contributed by atoms with Crippen molar-refractivity contribution in [3.05, 3.63) is 52.0 Å². The number of likely N-dealkylation sites (N-methyl/N-ethyl adjacent to an activating group) is 1. The number of nitrogens with one attached hydrogen (secondary N) is 2. The van der Waals surface area contributed by atoms with Crippen LogP contribution in [-0.2, 0) is 0 Å². The fourth-order valence-electron chi connectivity index (χ4n) is 3.01. The summed E-state index contributed by atoms with van der Waals surface area (Å²) >= 11 is 0. The molecule has 0 radical (unpaired) electrons. The van der Waals surface area contributed by atoms with Gasteiger partial charge in [-0.1, -0.05) is 6.92 Å². The lowest BCUT2D eigenvalue weighted by Gasteiger charge is -2.40. The lowest BCUT2D eigenvalue weighted by molar-refractivity contribution is 0.0478. The van der Waals surface area contributed by atoms with E-state index in [1.807, 2.05) is 0 Å². The highest BCUT2D eigenvalue weighted by Gasteiger charge is 2.32. The van der Waals surface area contributed by atoms with Gasteiger partial charge in [0.1, 0.15) is 11.4 Å². The molecule has 1 atom stereocenters. The summed E-state index contributed by atoms with van der Waals surface area (Å²) in [7, 11) is 0. The lowest BCUT2D eigenvalue weighted by atomic mass is 10.1. The highest BCUT2D eigenvalue weighted by molar-refractivity contribution is 5.94. The van der Waals surface area contributed by atoms with Gasteiger partial charge in [-0.15, -0.1) is 0 Å². The Kier molecular flexibility index (Phi) is 4.29. The van der Waals surface area contributed by atoms with Crippen molar-refractivity contribution in [1.82, 2.24) is 24.8 Å². The number of hydrogen-bond donors (Lipinski definition) is 2. The highest BCUT2D eigenvalue weighted by Crippen LogP contribution is 2.23. The number of amides is 1. The maximum Gasteiger partial charge on any atom is 0.260 e. The number of pyridine rings is 1. The van der Waals surface area contributed by atoms with Gasteiger partial charge in [0.2, 0.25) is 0 Å². The number of H-pyrrole nitrogens is 2. The van der Waals surface area contributed by atoms with Crippen LogP contribution in [-0.4, -0.2) is 56.8 Å². The van der Waals surface area contributed by atoms with Crippen LogP contribution in [0.3, 0.4) is 0 Å². The van der Waals surface area contributed by atoms with Crippen molar-refractivity contribution in [3.8, 4) is 0 Å². The molecular weight excluding hydrogens is 294 g/mol. The maximum absolute atomic E-state index is 12.7. The smallest absolute Gasteiger partial charge is 0.260 e. The average Bonchev–Trinajstić information content (AvgIpc) is 3.08. The zero-order valence-corrected chi connectivity index (χ0v) is 13.4. The fourth-order valence-corrected chi connectivity index (χ4v) is 3.01. The Morgan fingerprint density at radius 2 is 2.22 bits per heavy atom. The van der Waals surface area contributed by atoms with Crippen LogP contribution >= 0.6 is 0 Å². The van der Waals surface area contributed by atoms with Gasteiger partial charge in [0, 0.05) is 37.7 Å². The highest BCUT2D eigenvalue weighted by atomic mass is 16.2. The number of carbonyl (C=O) groups is 1. The minimum absolute atomic E-state index is 0.0252. The number of hydrogen-bond acceptors (Lipinski definition) is 4. The Labute approximate surface area is 134 Å². The number of aryl methyl sites for hydroxylation is 1. The van der Waals surface area contributed by atoms with Crippen molar-refractivity contribution >= 4 is 5.91 Å². The fraction of sp³-hybridized carbons (Fsp3) is 0.438. The van der Waals surface area contributed by atoms with Crippen LogP contribution in [0.2, 0.25) is 0 Å². The largest absolute Gasteiger partial charge is 0.347 e. The average molecular weight is 315 g/mol. The normalized spacial score (nSPS) is 19.0. The van der Waals surface area contributed by atoms with Gasteiger partial charge in [-0.2, -0.15) is 0 Å². The van der Waals surface area contributed by atoms with Crippen LogP contribution in [0.1, 0.15) is 34.8 Å². The van der Waals surface area contributed by atoms with Crippen molar-refractivity contribution in [2.75, 3.05) is 26.2 Å². The van der Waals surface area contributed by atoms with Crippen LogP contribution in [0.25, 0.3) is 0 Å². The molecule has 1 aliphatic heterocycles. The van der Waals surface area contributed by atoms with E-state index in [4.69, 9.17) is 0 Å². The van der Waals surface area contributed by atoms with E-state index in [9.17, 15) is 9.59 Å². The van der Waals surface area contributed by atoms with Gasteiger partial charge in [-0.25, -0.2) is 4.98 Å². The molecule has 7 heteroatoms. The minimum atomic E-state index is -0.331. The second-order valence-electron chi connectivity index (χ2n) is 5.75. The first kappa shape index (κ1) is 15.5. The Hall–Kier alpha value is -2.41. The summed E-state index contributed by atoms with van der Waals surface area (Å²) in [6, 6.07) is 3.38. The molecule has 1 saturated heterocycles. The molecule has 3 heterocycles. The van der Waals surface area contributed by atoms with Crippen LogP contribution in [0.5, 0.6) is 0 Å². The standard InChI is InChI=1S/C16H21N5O2/c1-3-20-8-9-21(10-13(20)14-17-6-7-18-14)16(23)12-5-4-11(2)19-15(12)22/h4-7,13H,3,8-10H2,1-2H3,(H,17,18)(H,19,22)/t13-/m0/s1. The van der Waals surface area contributed by atoms with Gasteiger partial charge < -0.3 is 14.9 Å². The summed E-state index contributed by atoms with van der Waals surface area (Å²) in [5.41, 5.74) is 0.608. The zero-order chi connectivity index (χ0) is 16.4. The van der Waals surface area contributed by atoms with Gasteiger partial charge in [-0.05, 0) is 25.6 Å².